The van der Waals surface area contributed by atoms with Gasteiger partial charge in [0, 0.05) is 11.4 Å². The normalized spacial score (nSPS) is 11.9. The van der Waals surface area contributed by atoms with Crippen LogP contribution in [0.1, 0.15) is 50.0 Å². The van der Waals surface area contributed by atoms with Gasteiger partial charge in [-0.15, -0.1) is 0 Å². The number of benzene rings is 1. The molecule has 5 nitrogen and oxygen atoms in total. The third-order valence-electron chi connectivity index (χ3n) is 3.79. The van der Waals surface area contributed by atoms with Gasteiger partial charge in [0.2, 0.25) is 0 Å². The van der Waals surface area contributed by atoms with Crippen LogP contribution in [-0.4, -0.2) is 29.5 Å². The average molecular weight is 328 g/mol. The van der Waals surface area contributed by atoms with Gasteiger partial charge in [-0.1, -0.05) is 50.5 Å². The summed E-state index contributed by atoms with van der Waals surface area (Å²) < 4.78 is 5.05. The van der Waals surface area contributed by atoms with Crippen LogP contribution in [0.4, 0.5) is 0 Å². The minimum atomic E-state index is -0.588. The topological polar surface area (TPSA) is 68.3 Å². The zero-order valence-electron chi connectivity index (χ0n) is 14.2. The molecule has 24 heavy (non-hydrogen) atoms. The Morgan fingerprint density at radius 1 is 1.17 bits per heavy atom. The molecule has 1 atom stereocenters. The summed E-state index contributed by atoms with van der Waals surface area (Å²) in [6.45, 7) is 3.81. The molecule has 0 spiro atoms. The fourth-order valence-corrected chi connectivity index (χ4v) is 2.47. The number of amides is 1. The molecule has 0 saturated heterocycles. The molecule has 0 saturated carbocycles. The number of fused-ring (bicyclic) bond motifs is 1. The third kappa shape index (κ3) is 5.33. The van der Waals surface area contributed by atoms with Gasteiger partial charge in [-0.25, -0.2) is 9.78 Å². The quantitative estimate of drug-likeness (QED) is 0.595. The molecule has 0 bridgehead atoms. The Hall–Kier alpha value is -2.43. The van der Waals surface area contributed by atoms with Gasteiger partial charge >= 0.3 is 5.97 Å². The predicted octanol–water partition coefficient (Wildman–Crippen LogP) is 3.48. The van der Waals surface area contributed by atoms with E-state index in [2.05, 4.69) is 17.2 Å². The Morgan fingerprint density at radius 2 is 1.96 bits per heavy atom. The Labute approximate surface area is 142 Å². The standard InChI is InChI=1S/C19H24N2O3/c1-3-4-5-8-14(2)20-18(22)13-24-19(23)17-12-11-15-9-6-7-10-16(15)21-17/h6-7,9-12,14H,3-5,8,13H2,1-2H3,(H,20,22)/t14-/m0/s1. The molecule has 0 fully saturated rings. The summed E-state index contributed by atoms with van der Waals surface area (Å²) in [6, 6.07) is 11.0. The van der Waals surface area contributed by atoms with Crippen molar-refractivity contribution in [3.63, 3.8) is 0 Å². The van der Waals surface area contributed by atoms with Crippen LogP contribution in [0, 0.1) is 0 Å². The number of ether oxygens (including phenoxy) is 1. The molecular weight excluding hydrogens is 304 g/mol. The zero-order valence-corrected chi connectivity index (χ0v) is 14.2. The molecule has 0 aliphatic rings. The van der Waals surface area contributed by atoms with Crippen LogP contribution in [0.5, 0.6) is 0 Å². The second-order valence-electron chi connectivity index (χ2n) is 5.93. The molecule has 1 aromatic carbocycles. The Balaban J connectivity index is 1.82. The molecular formula is C19H24N2O3. The first-order chi connectivity index (χ1) is 11.6. The predicted molar refractivity (Wildman–Crippen MR) is 93.8 cm³/mol. The number of carbonyl (C=O) groups excluding carboxylic acids is 2. The fraction of sp³-hybridized carbons (Fsp3) is 0.421. The summed E-state index contributed by atoms with van der Waals surface area (Å²) in [5.41, 5.74) is 0.929. The summed E-state index contributed by atoms with van der Waals surface area (Å²) in [5, 5.41) is 3.79. The number of aromatic nitrogens is 1. The van der Waals surface area contributed by atoms with Crippen LogP contribution in [0.2, 0.25) is 0 Å². The lowest BCUT2D eigenvalue weighted by Gasteiger charge is -2.13. The van der Waals surface area contributed by atoms with Crippen LogP contribution < -0.4 is 5.32 Å². The molecule has 1 heterocycles. The minimum absolute atomic E-state index is 0.0848. The SMILES string of the molecule is CCCCC[C@H](C)NC(=O)COC(=O)c1ccc2ccccc2n1. The number of rotatable bonds is 8. The molecule has 1 N–H and O–H groups in total. The van der Waals surface area contributed by atoms with Crippen molar-refractivity contribution in [3.05, 3.63) is 42.1 Å². The average Bonchev–Trinajstić information content (AvgIpc) is 2.59. The van der Waals surface area contributed by atoms with Crippen molar-refractivity contribution in [2.24, 2.45) is 0 Å². The monoisotopic (exact) mass is 328 g/mol. The van der Waals surface area contributed by atoms with Crippen LogP contribution in [-0.2, 0) is 9.53 Å². The zero-order chi connectivity index (χ0) is 17.4. The third-order valence-corrected chi connectivity index (χ3v) is 3.79. The largest absolute Gasteiger partial charge is 0.451 e. The molecule has 2 aromatic rings. The maximum absolute atomic E-state index is 12.0. The Bertz CT molecular complexity index is 700. The van der Waals surface area contributed by atoms with E-state index >= 15 is 0 Å². The molecule has 0 aliphatic carbocycles. The van der Waals surface area contributed by atoms with E-state index in [4.69, 9.17) is 4.74 Å². The van der Waals surface area contributed by atoms with Gasteiger partial charge in [0.1, 0.15) is 5.69 Å². The van der Waals surface area contributed by atoms with E-state index in [0.29, 0.717) is 0 Å². The maximum atomic E-state index is 12.0. The smallest absolute Gasteiger partial charge is 0.357 e. The summed E-state index contributed by atoms with van der Waals surface area (Å²) in [4.78, 5) is 28.1. The summed E-state index contributed by atoms with van der Waals surface area (Å²) in [7, 11) is 0. The molecule has 128 valence electrons. The van der Waals surface area contributed by atoms with Crippen LogP contribution in [0.15, 0.2) is 36.4 Å². The van der Waals surface area contributed by atoms with Crippen LogP contribution in [0.25, 0.3) is 10.9 Å². The Morgan fingerprint density at radius 3 is 2.75 bits per heavy atom. The van der Waals surface area contributed by atoms with Crippen molar-refractivity contribution < 1.29 is 14.3 Å². The van der Waals surface area contributed by atoms with Crippen molar-refractivity contribution in [2.45, 2.75) is 45.6 Å². The number of para-hydroxylation sites is 1. The highest BCUT2D eigenvalue weighted by molar-refractivity contribution is 5.92. The summed E-state index contributed by atoms with van der Waals surface area (Å²) in [6.07, 6.45) is 4.32. The number of nitrogens with one attached hydrogen (secondary N) is 1. The lowest BCUT2D eigenvalue weighted by atomic mass is 10.1. The minimum Gasteiger partial charge on any atom is -0.451 e. The van der Waals surface area contributed by atoms with Crippen molar-refractivity contribution in [1.82, 2.24) is 10.3 Å². The number of esters is 1. The number of unbranched alkanes of at least 4 members (excludes halogenated alkanes) is 2. The van der Waals surface area contributed by atoms with Gasteiger partial charge in [-0.05, 0) is 25.5 Å². The molecule has 1 aromatic heterocycles. The molecule has 0 radical (unpaired) electrons. The van der Waals surface area contributed by atoms with Crippen molar-refractivity contribution in [1.29, 1.82) is 0 Å². The first-order valence-electron chi connectivity index (χ1n) is 8.42. The highest BCUT2D eigenvalue weighted by Crippen LogP contribution is 2.12. The van der Waals surface area contributed by atoms with E-state index < -0.39 is 5.97 Å². The Kier molecular flexibility index (Phi) is 6.73. The summed E-state index contributed by atoms with van der Waals surface area (Å²) >= 11 is 0. The van der Waals surface area contributed by atoms with E-state index in [1.165, 1.54) is 0 Å². The van der Waals surface area contributed by atoms with Gasteiger partial charge in [-0.2, -0.15) is 0 Å². The highest BCUT2D eigenvalue weighted by atomic mass is 16.5. The molecule has 1 amide bonds. The first-order valence-corrected chi connectivity index (χ1v) is 8.42. The van der Waals surface area contributed by atoms with E-state index in [1.807, 2.05) is 37.3 Å². The van der Waals surface area contributed by atoms with Crippen LogP contribution >= 0.6 is 0 Å². The number of hydrogen-bond acceptors (Lipinski definition) is 4. The van der Waals surface area contributed by atoms with Crippen molar-refractivity contribution in [2.75, 3.05) is 6.61 Å². The van der Waals surface area contributed by atoms with Gasteiger partial charge in [-0.3, -0.25) is 4.79 Å². The highest BCUT2D eigenvalue weighted by Gasteiger charge is 2.13. The second kappa shape index (κ2) is 9.01. The van der Waals surface area contributed by atoms with E-state index in [1.54, 1.807) is 6.07 Å². The molecule has 0 aliphatic heterocycles. The second-order valence-corrected chi connectivity index (χ2v) is 5.93. The number of hydrogen-bond donors (Lipinski definition) is 1. The molecule has 5 heteroatoms. The van der Waals surface area contributed by atoms with Gasteiger partial charge in [0.15, 0.2) is 6.61 Å². The van der Waals surface area contributed by atoms with Crippen LogP contribution in [0.3, 0.4) is 0 Å². The molecule has 2 rings (SSSR count). The maximum Gasteiger partial charge on any atom is 0.357 e. The van der Waals surface area contributed by atoms with Crippen molar-refractivity contribution >= 4 is 22.8 Å². The van der Waals surface area contributed by atoms with E-state index in [9.17, 15) is 9.59 Å². The van der Waals surface area contributed by atoms with Gasteiger partial charge < -0.3 is 10.1 Å². The number of nitrogens with zero attached hydrogens (tertiary/aromatic N) is 1. The van der Waals surface area contributed by atoms with Gasteiger partial charge in [0.25, 0.3) is 5.91 Å². The number of carbonyl (C=O) groups is 2. The van der Waals surface area contributed by atoms with E-state index in [-0.39, 0.29) is 24.2 Å². The van der Waals surface area contributed by atoms with E-state index in [0.717, 1.165) is 36.6 Å². The lowest BCUT2D eigenvalue weighted by Crippen LogP contribution is -2.35. The number of pyridine rings is 1. The van der Waals surface area contributed by atoms with Gasteiger partial charge in [0.05, 0.1) is 5.52 Å². The van der Waals surface area contributed by atoms with Crippen molar-refractivity contribution in [3.8, 4) is 0 Å². The molecule has 0 unspecified atom stereocenters. The fourth-order valence-electron chi connectivity index (χ4n) is 2.47. The first kappa shape index (κ1) is 17.9. The lowest BCUT2D eigenvalue weighted by molar-refractivity contribution is -0.124. The summed E-state index contributed by atoms with van der Waals surface area (Å²) in [5.74, 6) is -0.873.